The molecule has 106 valence electrons. The summed E-state index contributed by atoms with van der Waals surface area (Å²) in [6.07, 6.45) is 5.13. The van der Waals surface area contributed by atoms with Crippen LogP contribution in [-0.4, -0.2) is 23.2 Å². The van der Waals surface area contributed by atoms with Crippen molar-refractivity contribution in [1.29, 1.82) is 0 Å². The van der Waals surface area contributed by atoms with Gasteiger partial charge in [0.25, 0.3) is 0 Å². The van der Waals surface area contributed by atoms with E-state index in [4.69, 9.17) is 10.5 Å². The van der Waals surface area contributed by atoms with Crippen molar-refractivity contribution in [3.8, 4) is 11.5 Å². The summed E-state index contributed by atoms with van der Waals surface area (Å²) in [6, 6.07) is 7.22. The fraction of sp³-hybridized carbons (Fsp3) is 0.133. The van der Waals surface area contributed by atoms with Crippen LogP contribution < -0.4 is 10.5 Å². The minimum absolute atomic E-state index is 0.0533. The van der Waals surface area contributed by atoms with Crippen molar-refractivity contribution in [2.75, 3.05) is 12.0 Å². The average Bonchev–Trinajstić information content (AvgIpc) is 2.50. The molecule has 0 spiro atoms. The number of nitrogens with two attached hydrogens (primary N) is 1. The van der Waals surface area contributed by atoms with Crippen LogP contribution >= 0.6 is 11.8 Å². The number of ether oxygens (including phenoxy) is 1. The Balaban J connectivity index is 1.96. The standard InChI is InChI=1S/C15H13N3O2S/c1-21-14-7-10(2-3-12(14)16)20-13-4-5-17-15-11(13)6-9(19)8-18-15/h2-5,7-8H,6,16H2,1H3. The minimum Gasteiger partial charge on any atom is -0.457 e. The summed E-state index contributed by atoms with van der Waals surface area (Å²) in [5, 5.41) is 0. The summed E-state index contributed by atoms with van der Waals surface area (Å²) >= 11 is 1.55. The van der Waals surface area contributed by atoms with Gasteiger partial charge in [0, 0.05) is 28.8 Å². The molecule has 6 heteroatoms. The highest BCUT2D eigenvalue weighted by Gasteiger charge is 2.18. The van der Waals surface area contributed by atoms with Gasteiger partial charge in [0.05, 0.1) is 6.21 Å². The number of aliphatic imine (C=N–C) groups is 1. The van der Waals surface area contributed by atoms with E-state index in [-0.39, 0.29) is 12.2 Å². The van der Waals surface area contributed by atoms with E-state index in [1.54, 1.807) is 36.2 Å². The van der Waals surface area contributed by atoms with Crippen molar-refractivity contribution >= 4 is 35.3 Å². The lowest BCUT2D eigenvalue weighted by Gasteiger charge is -2.14. The zero-order valence-corrected chi connectivity index (χ0v) is 12.2. The van der Waals surface area contributed by atoms with Gasteiger partial charge in [-0.2, -0.15) is 0 Å². The van der Waals surface area contributed by atoms with E-state index < -0.39 is 0 Å². The van der Waals surface area contributed by atoms with Gasteiger partial charge in [-0.3, -0.25) is 4.79 Å². The minimum atomic E-state index is -0.0533. The van der Waals surface area contributed by atoms with Gasteiger partial charge in [0.2, 0.25) is 0 Å². The van der Waals surface area contributed by atoms with Crippen LogP contribution in [0.5, 0.6) is 11.5 Å². The molecule has 0 atom stereocenters. The fourth-order valence-electron chi connectivity index (χ4n) is 2.07. The molecule has 1 aliphatic heterocycles. The predicted molar refractivity (Wildman–Crippen MR) is 83.8 cm³/mol. The molecule has 5 nitrogen and oxygen atoms in total. The summed E-state index contributed by atoms with van der Waals surface area (Å²) in [4.78, 5) is 20.7. The first-order valence-electron chi connectivity index (χ1n) is 6.33. The third-order valence-corrected chi connectivity index (χ3v) is 3.90. The Morgan fingerprint density at radius 2 is 2.19 bits per heavy atom. The Morgan fingerprint density at radius 3 is 3.00 bits per heavy atom. The second-order valence-electron chi connectivity index (χ2n) is 4.52. The first-order chi connectivity index (χ1) is 10.2. The molecule has 0 unspecified atom stereocenters. The number of nitrogen functional groups attached to an aromatic ring is 1. The van der Waals surface area contributed by atoms with Crippen molar-refractivity contribution in [3.63, 3.8) is 0 Å². The van der Waals surface area contributed by atoms with E-state index in [0.717, 1.165) is 4.90 Å². The number of benzene rings is 1. The molecule has 0 aliphatic carbocycles. The molecule has 1 aliphatic rings. The Morgan fingerprint density at radius 1 is 1.33 bits per heavy atom. The Labute approximate surface area is 126 Å². The number of anilines is 1. The largest absolute Gasteiger partial charge is 0.457 e. The lowest BCUT2D eigenvalue weighted by molar-refractivity contribution is -0.112. The van der Waals surface area contributed by atoms with E-state index in [9.17, 15) is 4.79 Å². The van der Waals surface area contributed by atoms with Crippen molar-refractivity contribution in [3.05, 3.63) is 36.0 Å². The number of hydrogen-bond donors (Lipinski definition) is 1. The maximum Gasteiger partial charge on any atom is 0.178 e. The van der Waals surface area contributed by atoms with Gasteiger partial charge in [-0.15, -0.1) is 11.8 Å². The summed E-state index contributed by atoms with van der Waals surface area (Å²) in [5.41, 5.74) is 7.30. The maximum atomic E-state index is 11.5. The lowest BCUT2D eigenvalue weighted by Crippen LogP contribution is -2.10. The second-order valence-corrected chi connectivity index (χ2v) is 5.37. The molecule has 3 rings (SSSR count). The van der Waals surface area contributed by atoms with Gasteiger partial charge in [-0.1, -0.05) is 0 Å². The van der Waals surface area contributed by atoms with Crippen molar-refractivity contribution in [2.24, 2.45) is 4.99 Å². The third kappa shape index (κ3) is 2.75. The molecule has 0 saturated heterocycles. The van der Waals surface area contributed by atoms with Gasteiger partial charge < -0.3 is 10.5 Å². The van der Waals surface area contributed by atoms with E-state index in [0.29, 0.717) is 28.6 Å². The van der Waals surface area contributed by atoms with Crippen molar-refractivity contribution in [1.82, 2.24) is 4.98 Å². The van der Waals surface area contributed by atoms with Gasteiger partial charge in [0.15, 0.2) is 11.6 Å². The monoisotopic (exact) mass is 299 g/mol. The molecule has 1 aromatic carbocycles. The Hall–Kier alpha value is -2.34. The number of carbonyl (C=O) groups excluding carboxylic acids is 1. The smallest absolute Gasteiger partial charge is 0.178 e. The number of fused-ring (bicyclic) bond motifs is 1. The number of aromatic nitrogens is 1. The van der Waals surface area contributed by atoms with Crippen molar-refractivity contribution < 1.29 is 9.53 Å². The van der Waals surface area contributed by atoms with Crippen LogP contribution in [0.3, 0.4) is 0 Å². The molecule has 0 bridgehead atoms. The number of ketones is 1. The topological polar surface area (TPSA) is 77.6 Å². The molecular formula is C15H13N3O2S. The number of Topliss-reactive ketones (excluding diaryl/α,β-unsaturated/α-hetero) is 1. The van der Waals surface area contributed by atoms with Crippen LogP contribution in [0.15, 0.2) is 40.4 Å². The van der Waals surface area contributed by atoms with Crippen LogP contribution in [0.4, 0.5) is 11.5 Å². The first-order valence-corrected chi connectivity index (χ1v) is 7.56. The fourth-order valence-corrected chi connectivity index (χ4v) is 2.61. The summed E-state index contributed by atoms with van der Waals surface area (Å²) in [6.45, 7) is 0. The van der Waals surface area contributed by atoms with Gasteiger partial charge in [-0.25, -0.2) is 9.98 Å². The third-order valence-electron chi connectivity index (χ3n) is 3.10. The number of hydrogen-bond acceptors (Lipinski definition) is 6. The van der Waals surface area contributed by atoms with Crippen LogP contribution in [0.25, 0.3) is 0 Å². The molecule has 0 radical (unpaired) electrons. The van der Waals surface area contributed by atoms with Crippen LogP contribution in [0, 0.1) is 0 Å². The molecule has 0 saturated carbocycles. The summed E-state index contributed by atoms with van der Waals surface area (Å²) in [7, 11) is 0. The molecular weight excluding hydrogens is 286 g/mol. The molecule has 0 amide bonds. The summed E-state index contributed by atoms with van der Waals surface area (Å²) in [5.74, 6) is 1.75. The predicted octanol–water partition coefficient (Wildman–Crippen LogP) is 3.01. The average molecular weight is 299 g/mol. The highest BCUT2D eigenvalue weighted by molar-refractivity contribution is 7.98. The number of nitrogens with zero attached hydrogens (tertiary/aromatic N) is 2. The first kappa shape index (κ1) is 13.6. The van der Waals surface area contributed by atoms with Gasteiger partial charge in [-0.05, 0) is 30.5 Å². The van der Waals surface area contributed by atoms with Gasteiger partial charge >= 0.3 is 0 Å². The number of pyridine rings is 1. The number of carbonyl (C=O) groups is 1. The molecule has 0 fully saturated rings. The Bertz CT molecular complexity index is 744. The van der Waals surface area contributed by atoms with Gasteiger partial charge in [0.1, 0.15) is 11.5 Å². The zero-order chi connectivity index (χ0) is 14.8. The Kier molecular flexibility index (Phi) is 3.62. The van der Waals surface area contributed by atoms with E-state index >= 15 is 0 Å². The number of rotatable bonds is 3. The lowest BCUT2D eigenvalue weighted by atomic mass is 10.1. The van der Waals surface area contributed by atoms with E-state index in [1.165, 1.54) is 6.21 Å². The molecule has 21 heavy (non-hydrogen) atoms. The van der Waals surface area contributed by atoms with Crippen LogP contribution in [0.1, 0.15) is 5.56 Å². The second kappa shape index (κ2) is 5.57. The highest BCUT2D eigenvalue weighted by atomic mass is 32.2. The normalized spacial score (nSPS) is 13.1. The van der Waals surface area contributed by atoms with Crippen LogP contribution in [0.2, 0.25) is 0 Å². The molecule has 2 heterocycles. The van der Waals surface area contributed by atoms with Crippen LogP contribution in [-0.2, 0) is 11.2 Å². The molecule has 1 aromatic heterocycles. The highest BCUT2D eigenvalue weighted by Crippen LogP contribution is 2.34. The maximum absolute atomic E-state index is 11.5. The quantitative estimate of drug-likeness (QED) is 0.696. The van der Waals surface area contributed by atoms with Crippen molar-refractivity contribution in [2.45, 2.75) is 11.3 Å². The SMILES string of the molecule is CSc1cc(Oc2ccnc3c2CC(=O)C=N3)ccc1N. The van der Waals surface area contributed by atoms with E-state index in [2.05, 4.69) is 9.98 Å². The van der Waals surface area contributed by atoms with E-state index in [1.807, 2.05) is 12.3 Å². The summed E-state index contributed by atoms with van der Waals surface area (Å²) < 4.78 is 5.89. The molecule has 2 N–H and O–H groups in total. The molecule has 2 aromatic rings. The number of thioether (sulfide) groups is 1. The zero-order valence-electron chi connectivity index (χ0n) is 11.4.